The summed E-state index contributed by atoms with van der Waals surface area (Å²) < 4.78 is 4.98. The van der Waals surface area contributed by atoms with E-state index >= 15 is 0 Å². The van der Waals surface area contributed by atoms with Crippen LogP contribution in [0.25, 0.3) is 21.8 Å². The molecule has 4 rings (SSSR count). The Labute approximate surface area is 206 Å². The van der Waals surface area contributed by atoms with Gasteiger partial charge in [-0.15, -0.1) is 0 Å². The van der Waals surface area contributed by atoms with E-state index in [1.54, 1.807) is 0 Å². The molecule has 0 aliphatic heterocycles. The fourth-order valence-corrected chi connectivity index (χ4v) is 4.57. The van der Waals surface area contributed by atoms with E-state index < -0.39 is 0 Å². The first-order valence-corrected chi connectivity index (χ1v) is 12.1. The number of methoxy groups -OCH3 is 1. The number of fused-ring (bicyclic) bond motifs is 3. The van der Waals surface area contributed by atoms with Crippen molar-refractivity contribution in [2.24, 2.45) is 5.92 Å². The number of carbonyl (C=O) groups excluding carboxylic acids is 1. The van der Waals surface area contributed by atoms with Gasteiger partial charge in [0.25, 0.3) is 0 Å². The molecule has 0 aliphatic carbocycles. The molecule has 0 radical (unpaired) electrons. The second-order valence-corrected chi connectivity index (χ2v) is 9.75. The minimum atomic E-state index is -0.352. The van der Waals surface area contributed by atoms with Crippen LogP contribution in [0.5, 0.6) is 0 Å². The first-order chi connectivity index (χ1) is 16.7. The van der Waals surface area contributed by atoms with Gasteiger partial charge in [-0.1, -0.05) is 32.0 Å². The summed E-state index contributed by atoms with van der Waals surface area (Å²) in [6.07, 6.45) is 4.38. The number of nitrogens with two attached hydrogens (primary N) is 1. The van der Waals surface area contributed by atoms with Crippen molar-refractivity contribution in [3.05, 3.63) is 70.9 Å². The van der Waals surface area contributed by atoms with Gasteiger partial charge in [0.15, 0.2) is 5.82 Å². The van der Waals surface area contributed by atoms with Crippen LogP contribution < -0.4 is 11.1 Å². The van der Waals surface area contributed by atoms with Crippen molar-refractivity contribution in [1.82, 2.24) is 9.97 Å². The molecule has 1 atom stereocenters. The molecular weight excluding hydrogens is 436 g/mol. The van der Waals surface area contributed by atoms with Gasteiger partial charge in [-0.05, 0) is 85.5 Å². The van der Waals surface area contributed by atoms with Crippen molar-refractivity contribution in [3.8, 4) is 0 Å². The molecule has 0 amide bonds. The van der Waals surface area contributed by atoms with Gasteiger partial charge >= 0.3 is 5.97 Å². The predicted octanol–water partition coefficient (Wildman–Crippen LogP) is 5.77. The van der Waals surface area contributed by atoms with E-state index in [-0.39, 0.29) is 12.0 Å². The van der Waals surface area contributed by atoms with E-state index in [1.165, 1.54) is 18.2 Å². The van der Waals surface area contributed by atoms with Crippen molar-refractivity contribution < 1.29 is 9.53 Å². The highest BCUT2D eigenvalue weighted by Crippen LogP contribution is 2.28. The van der Waals surface area contributed by atoms with Crippen LogP contribution in [0.15, 0.2) is 48.7 Å². The van der Waals surface area contributed by atoms with Crippen LogP contribution in [0, 0.1) is 19.8 Å². The third kappa shape index (κ3) is 5.53. The molecule has 2 aromatic carbocycles. The Morgan fingerprint density at radius 3 is 2.57 bits per heavy atom. The van der Waals surface area contributed by atoms with Crippen molar-refractivity contribution >= 4 is 39.3 Å². The highest BCUT2D eigenvalue weighted by atomic mass is 16.5. The Kier molecular flexibility index (Phi) is 7.20. The van der Waals surface area contributed by atoms with Crippen LogP contribution in [0.4, 0.5) is 11.5 Å². The van der Waals surface area contributed by atoms with Gasteiger partial charge in [0.1, 0.15) is 11.6 Å². The smallest absolute Gasteiger partial charge is 0.328 e. The highest BCUT2D eigenvalue weighted by molar-refractivity contribution is 6.08. The molecule has 35 heavy (non-hydrogen) atoms. The van der Waals surface area contributed by atoms with E-state index in [4.69, 9.17) is 10.5 Å². The van der Waals surface area contributed by atoms with Gasteiger partial charge in [-0.3, -0.25) is 4.98 Å². The van der Waals surface area contributed by atoms with Gasteiger partial charge < -0.3 is 15.8 Å². The Hall–Kier alpha value is -3.67. The maximum Gasteiger partial charge on any atom is 0.328 e. The monoisotopic (exact) mass is 470 g/mol. The summed E-state index contributed by atoms with van der Waals surface area (Å²) in [5.74, 6) is 0.615. The average molecular weight is 471 g/mol. The fraction of sp³-hybridized carbons (Fsp3) is 0.345. The zero-order valence-corrected chi connectivity index (χ0v) is 21.2. The lowest BCUT2D eigenvalue weighted by molar-refractivity contribution is -0.141. The topological polar surface area (TPSA) is 90.1 Å². The van der Waals surface area contributed by atoms with Crippen LogP contribution >= 0.6 is 0 Å². The minimum absolute atomic E-state index is 0.234. The number of hydrogen-bond donors (Lipinski definition) is 2. The van der Waals surface area contributed by atoms with Crippen LogP contribution in [0.3, 0.4) is 0 Å². The first-order valence-electron chi connectivity index (χ1n) is 12.1. The number of esters is 1. The van der Waals surface area contributed by atoms with Gasteiger partial charge in [-0.2, -0.15) is 0 Å². The molecule has 0 saturated carbocycles. The summed E-state index contributed by atoms with van der Waals surface area (Å²) >= 11 is 0. The molecule has 182 valence electrons. The molecule has 4 aromatic rings. The maximum atomic E-state index is 12.2. The molecule has 0 saturated heterocycles. The number of nitrogens with zero attached hydrogens (tertiary/aromatic N) is 2. The number of aromatic nitrogens is 2. The number of hydrogen-bond acceptors (Lipinski definition) is 6. The van der Waals surface area contributed by atoms with E-state index in [2.05, 4.69) is 79.4 Å². The number of anilines is 2. The van der Waals surface area contributed by atoms with E-state index in [1.807, 2.05) is 12.3 Å². The normalized spacial score (nSPS) is 12.3. The number of aryl methyl sites for hydroxylation is 4. The van der Waals surface area contributed by atoms with Crippen molar-refractivity contribution in [1.29, 1.82) is 0 Å². The Morgan fingerprint density at radius 2 is 1.86 bits per heavy atom. The summed E-state index contributed by atoms with van der Waals surface area (Å²) in [6, 6.07) is 14.4. The Bertz CT molecular complexity index is 1380. The summed E-state index contributed by atoms with van der Waals surface area (Å²) in [5, 5.41) is 5.46. The number of nitrogen functional groups attached to an aromatic ring is 1. The fourth-order valence-electron chi connectivity index (χ4n) is 4.57. The molecule has 0 bridgehead atoms. The molecule has 6 heteroatoms. The zero-order chi connectivity index (χ0) is 25.1. The summed E-state index contributed by atoms with van der Waals surface area (Å²) in [6.45, 7) is 8.36. The second-order valence-electron chi connectivity index (χ2n) is 9.75. The Balaban J connectivity index is 1.53. The quantitative estimate of drug-likeness (QED) is 0.251. The van der Waals surface area contributed by atoms with Gasteiger partial charge in [0.2, 0.25) is 0 Å². The molecule has 3 N–H and O–H groups in total. The molecular formula is C29H34N4O2. The summed E-state index contributed by atoms with van der Waals surface area (Å²) in [7, 11) is 1.43. The number of pyridine rings is 2. The molecule has 2 heterocycles. The van der Waals surface area contributed by atoms with Crippen LogP contribution in [0.1, 0.15) is 42.5 Å². The lowest BCUT2D eigenvalue weighted by atomic mass is 9.98. The van der Waals surface area contributed by atoms with Crippen LogP contribution in [0.2, 0.25) is 0 Å². The predicted molar refractivity (Wildman–Crippen MR) is 144 cm³/mol. The first kappa shape index (κ1) is 24.5. The average Bonchev–Trinajstić information content (AvgIpc) is 2.82. The molecule has 1 unspecified atom stereocenters. The second kappa shape index (κ2) is 10.3. The van der Waals surface area contributed by atoms with E-state index in [0.29, 0.717) is 11.7 Å². The summed E-state index contributed by atoms with van der Waals surface area (Å²) in [4.78, 5) is 21.4. The molecule has 0 fully saturated rings. The van der Waals surface area contributed by atoms with Crippen molar-refractivity contribution in [2.75, 3.05) is 18.2 Å². The number of rotatable bonds is 8. The van der Waals surface area contributed by atoms with Gasteiger partial charge in [0.05, 0.1) is 12.6 Å². The van der Waals surface area contributed by atoms with E-state index in [0.717, 1.165) is 57.9 Å². The van der Waals surface area contributed by atoms with Crippen LogP contribution in [-0.4, -0.2) is 29.1 Å². The third-order valence-corrected chi connectivity index (χ3v) is 6.43. The molecule has 6 nitrogen and oxygen atoms in total. The highest BCUT2D eigenvalue weighted by Gasteiger charge is 2.20. The SMILES string of the molecule is COC(=O)C(CC(C)C)Nc1ccc(CCc2cnc3c(N)nc4cc(C)ccc4c3c2)c(C)c1. The molecule has 0 aliphatic rings. The van der Waals surface area contributed by atoms with Crippen molar-refractivity contribution in [3.63, 3.8) is 0 Å². The number of ether oxygens (including phenoxy) is 1. The van der Waals surface area contributed by atoms with Gasteiger partial charge in [-0.25, -0.2) is 9.78 Å². The van der Waals surface area contributed by atoms with Gasteiger partial charge in [0, 0.05) is 22.7 Å². The standard InChI is InChI=1S/C29H34N4O2/c1-17(2)12-26(29(34)35-5)32-22-10-9-21(19(4)14-22)8-7-20-15-24-23-11-6-18(3)13-25(23)33-28(30)27(24)31-16-20/h6,9-11,13-17,26,32H,7-8,12H2,1-5H3,(H2,30,33). The largest absolute Gasteiger partial charge is 0.467 e. The zero-order valence-electron chi connectivity index (χ0n) is 21.2. The number of carbonyl (C=O) groups is 1. The van der Waals surface area contributed by atoms with Crippen LogP contribution in [-0.2, 0) is 22.4 Å². The molecule has 2 aromatic heterocycles. The lowest BCUT2D eigenvalue weighted by Crippen LogP contribution is -2.32. The molecule has 0 spiro atoms. The minimum Gasteiger partial charge on any atom is -0.467 e. The Morgan fingerprint density at radius 1 is 1.06 bits per heavy atom. The number of nitrogens with one attached hydrogen (secondary N) is 1. The maximum absolute atomic E-state index is 12.2. The van der Waals surface area contributed by atoms with E-state index in [9.17, 15) is 4.79 Å². The third-order valence-electron chi connectivity index (χ3n) is 6.43. The van der Waals surface area contributed by atoms with Crippen molar-refractivity contribution in [2.45, 2.75) is 53.0 Å². The number of benzene rings is 2. The lowest BCUT2D eigenvalue weighted by Gasteiger charge is -2.20. The summed E-state index contributed by atoms with van der Waals surface area (Å²) in [5.41, 5.74) is 13.5.